The van der Waals surface area contributed by atoms with E-state index in [2.05, 4.69) is 20.4 Å². The molecule has 1 N–H and O–H groups in total. The van der Waals surface area contributed by atoms with E-state index in [0.29, 0.717) is 10.6 Å². The summed E-state index contributed by atoms with van der Waals surface area (Å²) in [5, 5.41) is 8.42. The Kier molecular flexibility index (Phi) is 5.63. The molecule has 1 amide bonds. The molecule has 3 aromatic heterocycles. The zero-order chi connectivity index (χ0) is 20.2. The first kappa shape index (κ1) is 19.2. The number of thiophene rings is 1. The van der Waals surface area contributed by atoms with Crippen molar-refractivity contribution in [3.63, 3.8) is 0 Å². The Labute approximate surface area is 172 Å². The van der Waals surface area contributed by atoms with Gasteiger partial charge < -0.3 is 9.84 Å². The van der Waals surface area contributed by atoms with E-state index >= 15 is 0 Å². The number of nitrogens with zero attached hydrogens (tertiary/aromatic N) is 3. The second kappa shape index (κ2) is 8.50. The van der Waals surface area contributed by atoms with Crippen molar-refractivity contribution in [2.75, 3.05) is 11.1 Å². The minimum atomic E-state index is -0.996. The Hall–Kier alpha value is -3.11. The molecule has 3 heterocycles. The molecule has 0 spiro atoms. The molecule has 0 aliphatic carbocycles. The van der Waals surface area contributed by atoms with Gasteiger partial charge in [0.2, 0.25) is 11.7 Å². The summed E-state index contributed by atoms with van der Waals surface area (Å²) >= 11 is 2.70. The van der Waals surface area contributed by atoms with Crippen molar-refractivity contribution in [1.29, 1.82) is 0 Å². The van der Waals surface area contributed by atoms with Crippen LogP contribution in [-0.2, 0) is 4.79 Å². The van der Waals surface area contributed by atoms with Crippen LogP contribution >= 0.6 is 23.1 Å². The molecule has 1 aromatic carbocycles. The zero-order valence-corrected chi connectivity index (χ0v) is 16.3. The fraction of sp³-hybridized carbons (Fsp3) is 0.0526. The van der Waals surface area contributed by atoms with Crippen LogP contribution in [0.25, 0.3) is 22.2 Å². The largest absolute Gasteiger partial charge is 0.333 e. The van der Waals surface area contributed by atoms with Crippen LogP contribution in [0.15, 0.2) is 63.6 Å². The number of carbonyl (C=O) groups excluding carboxylic acids is 1. The van der Waals surface area contributed by atoms with Crippen LogP contribution in [0, 0.1) is 11.6 Å². The van der Waals surface area contributed by atoms with Gasteiger partial charge in [-0.2, -0.15) is 4.98 Å². The van der Waals surface area contributed by atoms with Gasteiger partial charge in [-0.05, 0) is 41.8 Å². The molecule has 0 bridgehead atoms. The summed E-state index contributed by atoms with van der Waals surface area (Å²) in [6, 6.07) is 8.74. The van der Waals surface area contributed by atoms with Gasteiger partial charge in [0, 0.05) is 22.9 Å². The van der Waals surface area contributed by atoms with Crippen molar-refractivity contribution in [2.45, 2.75) is 4.90 Å². The molecular weight excluding hydrogens is 418 g/mol. The van der Waals surface area contributed by atoms with Crippen molar-refractivity contribution in [3.8, 4) is 22.2 Å². The van der Waals surface area contributed by atoms with Crippen LogP contribution in [-0.4, -0.2) is 26.8 Å². The molecule has 0 saturated heterocycles. The maximum absolute atomic E-state index is 13.4. The van der Waals surface area contributed by atoms with E-state index in [1.807, 2.05) is 12.1 Å². The maximum atomic E-state index is 13.4. The van der Waals surface area contributed by atoms with Crippen molar-refractivity contribution < 1.29 is 18.1 Å². The molecule has 0 saturated carbocycles. The van der Waals surface area contributed by atoms with E-state index in [1.165, 1.54) is 29.2 Å². The van der Waals surface area contributed by atoms with E-state index in [-0.39, 0.29) is 28.9 Å². The fourth-order valence-corrected chi connectivity index (χ4v) is 3.87. The van der Waals surface area contributed by atoms with Crippen molar-refractivity contribution in [1.82, 2.24) is 15.1 Å². The number of hydrogen-bond donors (Lipinski definition) is 1. The molecule has 146 valence electrons. The van der Waals surface area contributed by atoms with Crippen LogP contribution in [0.5, 0.6) is 0 Å². The monoisotopic (exact) mass is 430 g/mol. The summed E-state index contributed by atoms with van der Waals surface area (Å²) in [6.45, 7) is 0. The average Bonchev–Trinajstić information content (AvgIpc) is 3.39. The lowest BCUT2D eigenvalue weighted by Gasteiger charge is -2.04. The minimum Gasteiger partial charge on any atom is -0.333 e. The SMILES string of the molecule is O=C(CSc1ccncc1)Nc1ccsc1-c1nc(-c2ccc(F)c(F)c2)no1. The van der Waals surface area contributed by atoms with Gasteiger partial charge in [-0.3, -0.25) is 9.78 Å². The number of carbonyl (C=O) groups is 1. The third kappa shape index (κ3) is 4.49. The van der Waals surface area contributed by atoms with Crippen molar-refractivity contribution in [3.05, 3.63) is 65.8 Å². The van der Waals surface area contributed by atoms with E-state index < -0.39 is 11.6 Å². The third-order valence-electron chi connectivity index (χ3n) is 3.76. The molecule has 10 heteroatoms. The van der Waals surface area contributed by atoms with Gasteiger partial charge in [0.15, 0.2) is 11.6 Å². The Morgan fingerprint density at radius 3 is 2.76 bits per heavy atom. The van der Waals surface area contributed by atoms with Crippen molar-refractivity contribution in [2.24, 2.45) is 0 Å². The second-order valence-corrected chi connectivity index (χ2v) is 7.70. The number of aromatic nitrogens is 3. The van der Waals surface area contributed by atoms with Crippen LogP contribution in [0.1, 0.15) is 0 Å². The molecule has 0 aliphatic rings. The number of hydrogen-bond acceptors (Lipinski definition) is 7. The number of thioether (sulfide) groups is 1. The molecular formula is C19H12F2N4O2S2. The van der Waals surface area contributed by atoms with Crippen LogP contribution in [0.2, 0.25) is 0 Å². The second-order valence-electron chi connectivity index (χ2n) is 5.74. The molecule has 0 fully saturated rings. The van der Waals surface area contributed by atoms with Crippen LogP contribution in [0.3, 0.4) is 0 Å². The lowest BCUT2D eigenvalue weighted by atomic mass is 10.2. The maximum Gasteiger partial charge on any atom is 0.270 e. The molecule has 0 unspecified atom stereocenters. The van der Waals surface area contributed by atoms with E-state index in [1.54, 1.807) is 23.8 Å². The smallest absolute Gasteiger partial charge is 0.270 e. The zero-order valence-electron chi connectivity index (χ0n) is 14.6. The van der Waals surface area contributed by atoms with Gasteiger partial charge in [0.1, 0.15) is 4.88 Å². The highest BCUT2D eigenvalue weighted by Crippen LogP contribution is 2.34. The van der Waals surface area contributed by atoms with Gasteiger partial charge >= 0.3 is 0 Å². The summed E-state index contributed by atoms with van der Waals surface area (Å²) in [5.41, 5.74) is 0.825. The first-order chi connectivity index (χ1) is 14.1. The topological polar surface area (TPSA) is 80.9 Å². The first-order valence-electron chi connectivity index (χ1n) is 8.30. The van der Waals surface area contributed by atoms with Gasteiger partial charge in [-0.25, -0.2) is 8.78 Å². The molecule has 4 rings (SSSR count). The quantitative estimate of drug-likeness (QED) is 0.440. The molecule has 0 radical (unpaired) electrons. The molecule has 6 nitrogen and oxygen atoms in total. The Morgan fingerprint density at radius 1 is 1.14 bits per heavy atom. The number of rotatable bonds is 6. The van der Waals surface area contributed by atoms with Crippen LogP contribution in [0.4, 0.5) is 14.5 Å². The highest BCUT2D eigenvalue weighted by molar-refractivity contribution is 8.00. The molecule has 4 aromatic rings. The number of pyridine rings is 1. The van der Waals surface area contributed by atoms with Gasteiger partial charge in [-0.1, -0.05) is 5.16 Å². The van der Waals surface area contributed by atoms with Crippen LogP contribution < -0.4 is 5.32 Å². The summed E-state index contributed by atoms with van der Waals surface area (Å²) in [5.74, 6) is -1.61. The first-order valence-corrected chi connectivity index (χ1v) is 10.2. The Balaban J connectivity index is 1.47. The third-order valence-corrected chi connectivity index (χ3v) is 5.67. The summed E-state index contributed by atoms with van der Waals surface area (Å²) in [4.78, 5) is 22.0. The molecule has 29 heavy (non-hydrogen) atoms. The average molecular weight is 430 g/mol. The fourth-order valence-electron chi connectivity index (χ4n) is 2.41. The Bertz CT molecular complexity index is 1150. The van der Waals surface area contributed by atoms with Crippen molar-refractivity contribution >= 4 is 34.7 Å². The predicted molar refractivity (Wildman–Crippen MR) is 107 cm³/mol. The Morgan fingerprint density at radius 2 is 1.97 bits per heavy atom. The number of benzene rings is 1. The lowest BCUT2D eigenvalue weighted by molar-refractivity contribution is -0.113. The van der Waals surface area contributed by atoms with Gasteiger partial charge in [0.05, 0.1) is 11.4 Å². The number of anilines is 1. The molecule has 0 atom stereocenters. The van der Waals surface area contributed by atoms with E-state index in [0.717, 1.165) is 17.0 Å². The van der Waals surface area contributed by atoms with Gasteiger partial charge in [0.25, 0.3) is 5.89 Å². The van der Waals surface area contributed by atoms with E-state index in [4.69, 9.17) is 4.52 Å². The number of halogens is 2. The lowest BCUT2D eigenvalue weighted by Crippen LogP contribution is -2.13. The molecule has 0 aliphatic heterocycles. The normalized spacial score (nSPS) is 10.8. The van der Waals surface area contributed by atoms with E-state index in [9.17, 15) is 13.6 Å². The number of nitrogens with one attached hydrogen (secondary N) is 1. The highest BCUT2D eigenvalue weighted by Gasteiger charge is 2.18. The summed E-state index contributed by atoms with van der Waals surface area (Å²) in [7, 11) is 0. The standard InChI is InChI=1S/C19H12F2N4O2S2/c20-13-2-1-11(9-14(13)21)18-24-19(27-25-18)17-15(5-8-28-17)23-16(26)10-29-12-3-6-22-7-4-12/h1-9H,10H2,(H,23,26). The highest BCUT2D eigenvalue weighted by atomic mass is 32.2. The predicted octanol–water partition coefficient (Wildman–Crippen LogP) is 4.87. The van der Waals surface area contributed by atoms with Gasteiger partial charge in [-0.15, -0.1) is 23.1 Å². The summed E-state index contributed by atoms with van der Waals surface area (Å²) < 4.78 is 31.8. The number of amides is 1. The minimum absolute atomic E-state index is 0.123. The summed E-state index contributed by atoms with van der Waals surface area (Å²) in [6.07, 6.45) is 3.33.